The number of ether oxygens (including phenoxy) is 3. The minimum Gasteiger partial charge on any atom is -0.490 e. The van der Waals surface area contributed by atoms with Crippen molar-refractivity contribution in [3.8, 4) is 11.5 Å². The molecule has 2 atom stereocenters. The lowest BCUT2D eigenvalue weighted by molar-refractivity contribution is -0.274. The van der Waals surface area contributed by atoms with Crippen molar-refractivity contribution in [3.63, 3.8) is 0 Å². The summed E-state index contributed by atoms with van der Waals surface area (Å²) in [4.78, 5) is 11.9. The van der Waals surface area contributed by atoms with E-state index in [0.29, 0.717) is 24.3 Å². The fraction of sp³-hybridized carbons (Fsp3) is 0.632. The number of esters is 1. The molecule has 1 saturated carbocycles. The summed E-state index contributed by atoms with van der Waals surface area (Å²) in [5.41, 5.74) is 6.90. The number of fused-ring (bicyclic) bond motifs is 1. The molecule has 1 fully saturated rings. The number of carbonyl (C=O) groups excluding carboxylic acids is 1. The second-order valence-corrected chi connectivity index (χ2v) is 7.11. The van der Waals surface area contributed by atoms with Crippen molar-refractivity contribution in [2.75, 3.05) is 6.61 Å². The number of nitrogens with two attached hydrogens (primary N) is 1. The Balaban J connectivity index is 1.65. The summed E-state index contributed by atoms with van der Waals surface area (Å²) in [6, 6.07) is 3.72. The van der Waals surface area contributed by atoms with Crippen LogP contribution >= 0.6 is 0 Å². The lowest BCUT2D eigenvalue weighted by Gasteiger charge is -2.38. The highest BCUT2D eigenvalue weighted by molar-refractivity contribution is 5.72. The van der Waals surface area contributed by atoms with E-state index in [2.05, 4.69) is 4.74 Å². The van der Waals surface area contributed by atoms with E-state index in [1.54, 1.807) is 6.92 Å². The van der Waals surface area contributed by atoms with Gasteiger partial charge in [-0.3, -0.25) is 4.79 Å². The van der Waals surface area contributed by atoms with Gasteiger partial charge in [0.15, 0.2) is 0 Å². The number of carbonyl (C=O) groups is 1. The van der Waals surface area contributed by atoms with Gasteiger partial charge in [0, 0.05) is 24.1 Å². The number of benzene rings is 1. The zero-order valence-electron chi connectivity index (χ0n) is 15.1. The molecular formula is C19H24F3NO4. The second-order valence-electron chi connectivity index (χ2n) is 7.11. The molecule has 3 rings (SSSR count). The van der Waals surface area contributed by atoms with E-state index in [1.807, 2.05) is 0 Å². The molecule has 5 nitrogen and oxygen atoms in total. The first-order valence-corrected chi connectivity index (χ1v) is 9.25. The van der Waals surface area contributed by atoms with Crippen LogP contribution in [-0.2, 0) is 9.53 Å². The average molecular weight is 387 g/mol. The number of hydrogen-bond donors (Lipinski definition) is 1. The van der Waals surface area contributed by atoms with Crippen LogP contribution in [0.25, 0.3) is 0 Å². The van der Waals surface area contributed by atoms with Crippen LogP contribution < -0.4 is 15.2 Å². The molecule has 0 unspecified atom stereocenters. The molecule has 27 heavy (non-hydrogen) atoms. The van der Waals surface area contributed by atoms with Gasteiger partial charge in [-0.25, -0.2) is 0 Å². The van der Waals surface area contributed by atoms with Gasteiger partial charge in [-0.05, 0) is 44.6 Å². The Morgan fingerprint density at radius 3 is 2.59 bits per heavy atom. The highest BCUT2D eigenvalue weighted by atomic mass is 19.4. The van der Waals surface area contributed by atoms with Gasteiger partial charge in [0.25, 0.3) is 0 Å². The summed E-state index contributed by atoms with van der Waals surface area (Å²) in [6.07, 6.45) is -1.29. The third-order valence-corrected chi connectivity index (χ3v) is 5.30. The van der Waals surface area contributed by atoms with Crippen molar-refractivity contribution in [1.29, 1.82) is 0 Å². The molecule has 0 amide bonds. The van der Waals surface area contributed by atoms with Crippen LogP contribution in [0.5, 0.6) is 11.5 Å². The van der Waals surface area contributed by atoms with E-state index < -0.39 is 6.36 Å². The van der Waals surface area contributed by atoms with Crippen LogP contribution in [0.2, 0.25) is 0 Å². The molecular weight excluding hydrogens is 363 g/mol. The third-order valence-electron chi connectivity index (χ3n) is 5.30. The molecule has 8 heteroatoms. The van der Waals surface area contributed by atoms with Crippen molar-refractivity contribution in [2.45, 2.75) is 57.5 Å². The monoisotopic (exact) mass is 387 g/mol. The summed E-state index contributed by atoms with van der Waals surface area (Å²) in [6.45, 7) is 2.16. The molecule has 0 saturated heterocycles. The molecule has 150 valence electrons. The third kappa shape index (κ3) is 4.86. The van der Waals surface area contributed by atoms with Crippen LogP contribution in [0.1, 0.15) is 50.6 Å². The minimum absolute atomic E-state index is 0.0856. The molecule has 1 aromatic carbocycles. The predicted octanol–water partition coefficient (Wildman–Crippen LogP) is 4.11. The van der Waals surface area contributed by atoms with Gasteiger partial charge < -0.3 is 19.9 Å². The van der Waals surface area contributed by atoms with Crippen LogP contribution in [0, 0.1) is 11.8 Å². The second kappa shape index (κ2) is 7.96. The van der Waals surface area contributed by atoms with Gasteiger partial charge in [0.05, 0.1) is 12.5 Å². The summed E-state index contributed by atoms with van der Waals surface area (Å²) < 4.78 is 52.4. The Morgan fingerprint density at radius 2 is 1.96 bits per heavy atom. The maximum Gasteiger partial charge on any atom is 0.573 e. The average Bonchev–Trinajstić information content (AvgIpc) is 2.60. The lowest BCUT2D eigenvalue weighted by Crippen LogP contribution is -2.38. The van der Waals surface area contributed by atoms with Crippen molar-refractivity contribution in [1.82, 2.24) is 0 Å². The van der Waals surface area contributed by atoms with Gasteiger partial charge in [-0.1, -0.05) is 6.07 Å². The predicted molar refractivity (Wildman–Crippen MR) is 91.2 cm³/mol. The SMILES string of the molecule is CCOC(=O)C1CCC([C@H]2C[C@@H](N)c3ccc(OC(F)(F)F)cc3O2)CC1. The Labute approximate surface area is 156 Å². The Hall–Kier alpha value is -1.96. The van der Waals surface area contributed by atoms with Crippen molar-refractivity contribution in [3.05, 3.63) is 23.8 Å². The molecule has 1 aliphatic heterocycles. The topological polar surface area (TPSA) is 70.8 Å². The smallest absolute Gasteiger partial charge is 0.490 e. The van der Waals surface area contributed by atoms with Crippen LogP contribution in [0.4, 0.5) is 13.2 Å². The maximum absolute atomic E-state index is 12.4. The van der Waals surface area contributed by atoms with Gasteiger partial charge in [0.1, 0.15) is 17.6 Å². The number of rotatable bonds is 4. The zero-order chi connectivity index (χ0) is 19.6. The quantitative estimate of drug-likeness (QED) is 0.788. The molecule has 0 bridgehead atoms. The molecule has 1 aromatic rings. The maximum atomic E-state index is 12.4. The van der Waals surface area contributed by atoms with Crippen LogP contribution in [0.15, 0.2) is 18.2 Å². The molecule has 2 aliphatic rings. The first-order valence-electron chi connectivity index (χ1n) is 9.25. The molecule has 2 N–H and O–H groups in total. The lowest BCUT2D eigenvalue weighted by atomic mass is 9.77. The Morgan fingerprint density at radius 1 is 1.26 bits per heavy atom. The van der Waals surface area contributed by atoms with E-state index in [0.717, 1.165) is 25.7 Å². The minimum atomic E-state index is -4.75. The van der Waals surface area contributed by atoms with Crippen LogP contribution in [0.3, 0.4) is 0 Å². The van der Waals surface area contributed by atoms with E-state index in [1.165, 1.54) is 18.2 Å². The summed E-state index contributed by atoms with van der Waals surface area (Å²) in [7, 11) is 0. The van der Waals surface area contributed by atoms with E-state index in [4.69, 9.17) is 15.2 Å². The zero-order valence-corrected chi connectivity index (χ0v) is 15.1. The van der Waals surface area contributed by atoms with Crippen LogP contribution in [-0.4, -0.2) is 25.0 Å². The first kappa shape index (κ1) is 19.8. The van der Waals surface area contributed by atoms with E-state index in [-0.39, 0.29) is 35.7 Å². The largest absolute Gasteiger partial charge is 0.573 e. The molecule has 0 radical (unpaired) electrons. The van der Waals surface area contributed by atoms with Gasteiger partial charge >= 0.3 is 12.3 Å². The number of halogens is 3. The molecule has 1 heterocycles. The van der Waals surface area contributed by atoms with Gasteiger partial charge in [-0.15, -0.1) is 13.2 Å². The molecule has 1 aliphatic carbocycles. The molecule has 0 spiro atoms. The summed E-state index contributed by atoms with van der Waals surface area (Å²) in [5, 5.41) is 0. The number of alkyl halides is 3. The summed E-state index contributed by atoms with van der Waals surface area (Å²) >= 11 is 0. The van der Waals surface area contributed by atoms with E-state index >= 15 is 0 Å². The normalized spacial score (nSPS) is 28.0. The van der Waals surface area contributed by atoms with Gasteiger partial charge in [0.2, 0.25) is 0 Å². The molecule has 0 aromatic heterocycles. The van der Waals surface area contributed by atoms with Crippen molar-refractivity contribution >= 4 is 5.97 Å². The first-order chi connectivity index (χ1) is 12.8. The highest BCUT2D eigenvalue weighted by Crippen LogP contribution is 2.42. The van der Waals surface area contributed by atoms with Crippen molar-refractivity contribution in [2.24, 2.45) is 17.6 Å². The van der Waals surface area contributed by atoms with Crippen molar-refractivity contribution < 1.29 is 32.2 Å². The number of hydrogen-bond acceptors (Lipinski definition) is 5. The summed E-state index contributed by atoms with van der Waals surface area (Å²) in [5.74, 6) is -0.00996. The Bertz CT molecular complexity index is 671. The fourth-order valence-electron chi connectivity index (χ4n) is 3.98. The van der Waals surface area contributed by atoms with Gasteiger partial charge in [-0.2, -0.15) is 0 Å². The fourth-order valence-corrected chi connectivity index (χ4v) is 3.98. The standard InChI is InChI=1S/C19H24F3NO4/c1-2-25-18(24)12-5-3-11(4-6-12)16-10-15(23)14-8-7-13(9-17(14)26-16)27-19(20,21)22/h7-9,11-12,15-16H,2-6,10,23H2,1H3/t11?,12?,15-,16-/m1/s1. The highest BCUT2D eigenvalue weighted by Gasteiger charge is 2.37. The Kier molecular flexibility index (Phi) is 5.83. The van der Waals surface area contributed by atoms with E-state index in [9.17, 15) is 18.0 Å².